The summed E-state index contributed by atoms with van der Waals surface area (Å²) in [6.07, 6.45) is -2.30. The molecule has 0 radical (unpaired) electrons. The van der Waals surface area contributed by atoms with Crippen LogP contribution in [-0.2, 0) is 0 Å². The van der Waals surface area contributed by atoms with Crippen molar-refractivity contribution in [3.05, 3.63) is 28.8 Å². The van der Waals surface area contributed by atoms with Crippen molar-refractivity contribution in [1.82, 2.24) is 4.98 Å². The molecule has 0 unspecified atom stereocenters. The molecule has 1 aromatic rings. The smallest absolute Gasteiger partial charge is 0.266 e. The number of alkyl halides is 2. The Morgan fingerprint density at radius 1 is 1.57 bits per heavy atom. The number of aldehydes is 1. The van der Waals surface area contributed by atoms with Crippen LogP contribution in [0.1, 0.15) is 27.9 Å². The zero-order chi connectivity index (χ0) is 10.7. The van der Waals surface area contributed by atoms with Crippen LogP contribution in [0.15, 0.2) is 6.20 Å². The zero-order valence-electron chi connectivity index (χ0n) is 6.67. The van der Waals surface area contributed by atoms with Gasteiger partial charge in [0.1, 0.15) is 11.6 Å². The molecule has 14 heavy (non-hydrogen) atoms. The molecule has 0 aliphatic rings. The van der Waals surface area contributed by atoms with E-state index in [-0.39, 0.29) is 6.29 Å². The lowest BCUT2D eigenvalue weighted by molar-refractivity contribution is 0.110. The lowest BCUT2D eigenvalue weighted by Crippen LogP contribution is -2.03. The summed E-state index contributed by atoms with van der Waals surface area (Å²) in [5.41, 5.74) is -2.27. The Hall–Kier alpha value is -1.90. The van der Waals surface area contributed by atoms with Crippen LogP contribution in [0.25, 0.3) is 0 Å². The highest BCUT2D eigenvalue weighted by atomic mass is 19.3. The van der Waals surface area contributed by atoms with Crippen molar-refractivity contribution in [3.63, 3.8) is 0 Å². The molecule has 1 rings (SSSR count). The van der Waals surface area contributed by atoms with Gasteiger partial charge >= 0.3 is 0 Å². The van der Waals surface area contributed by atoms with E-state index in [9.17, 15) is 18.0 Å². The molecule has 0 spiro atoms. The maximum Gasteiger partial charge on any atom is 0.266 e. The van der Waals surface area contributed by atoms with Crippen LogP contribution < -0.4 is 0 Å². The van der Waals surface area contributed by atoms with Crippen molar-refractivity contribution >= 4 is 6.29 Å². The number of hydrogen-bond donors (Lipinski definition) is 0. The lowest BCUT2D eigenvalue weighted by atomic mass is 10.1. The Morgan fingerprint density at radius 2 is 2.21 bits per heavy atom. The van der Waals surface area contributed by atoms with Gasteiger partial charge in [-0.2, -0.15) is 9.65 Å². The highest BCUT2D eigenvalue weighted by Gasteiger charge is 2.21. The summed E-state index contributed by atoms with van der Waals surface area (Å²) in [5, 5.41) is 8.39. The van der Waals surface area contributed by atoms with Crippen molar-refractivity contribution in [2.75, 3.05) is 0 Å². The third kappa shape index (κ3) is 1.57. The molecular formula is C8H3F3N2O. The van der Waals surface area contributed by atoms with E-state index in [0.717, 1.165) is 0 Å². The lowest BCUT2D eigenvalue weighted by Gasteiger charge is -2.05. The summed E-state index contributed by atoms with van der Waals surface area (Å²) < 4.78 is 37.4. The summed E-state index contributed by atoms with van der Waals surface area (Å²) in [6, 6.07) is 1.24. The number of carbonyl (C=O) groups excluding carboxylic acids is 1. The van der Waals surface area contributed by atoms with Crippen molar-refractivity contribution in [2.45, 2.75) is 6.43 Å². The molecule has 0 bridgehead atoms. The van der Waals surface area contributed by atoms with Crippen LogP contribution >= 0.6 is 0 Å². The fourth-order valence-corrected chi connectivity index (χ4v) is 0.951. The Morgan fingerprint density at radius 3 is 2.64 bits per heavy atom. The van der Waals surface area contributed by atoms with Gasteiger partial charge in [0.15, 0.2) is 6.29 Å². The van der Waals surface area contributed by atoms with E-state index in [1.165, 1.54) is 6.07 Å². The number of carbonyl (C=O) groups is 1. The predicted octanol–water partition coefficient (Wildman–Crippen LogP) is 1.84. The maximum absolute atomic E-state index is 12.7. The minimum absolute atomic E-state index is 0.106. The first kappa shape index (κ1) is 10.2. The first-order chi connectivity index (χ1) is 6.61. The van der Waals surface area contributed by atoms with Crippen LogP contribution in [0.2, 0.25) is 0 Å². The van der Waals surface area contributed by atoms with Gasteiger partial charge in [-0.1, -0.05) is 0 Å². The van der Waals surface area contributed by atoms with Crippen molar-refractivity contribution in [1.29, 1.82) is 5.26 Å². The number of nitriles is 1. The molecule has 72 valence electrons. The molecule has 0 saturated carbocycles. The normalized spacial score (nSPS) is 9.93. The van der Waals surface area contributed by atoms with Crippen LogP contribution in [0.3, 0.4) is 0 Å². The summed E-state index contributed by atoms with van der Waals surface area (Å²) in [7, 11) is 0. The molecule has 1 aromatic heterocycles. The van der Waals surface area contributed by atoms with Gasteiger partial charge in [-0.3, -0.25) is 4.79 Å². The summed E-state index contributed by atoms with van der Waals surface area (Å²) >= 11 is 0. The van der Waals surface area contributed by atoms with Gasteiger partial charge in [-0.05, 0) is 0 Å². The Balaban J connectivity index is 3.54. The van der Waals surface area contributed by atoms with E-state index in [1.807, 2.05) is 0 Å². The minimum atomic E-state index is -3.08. The highest BCUT2D eigenvalue weighted by molar-refractivity contribution is 5.78. The number of pyridine rings is 1. The summed E-state index contributed by atoms with van der Waals surface area (Å²) in [5.74, 6) is -1.30. The van der Waals surface area contributed by atoms with Gasteiger partial charge in [-0.25, -0.2) is 13.8 Å². The summed E-state index contributed by atoms with van der Waals surface area (Å²) in [4.78, 5) is 13.3. The molecule has 1 heterocycles. The van der Waals surface area contributed by atoms with E-state index >= 15 is 0 Å². The summed E-state index contributed by atoms with van der Waals surface area (Å²) in [6.45, 7) is 0. The Labute approximate surface area is 76.8 Å². The van der Waals surface area contributed by atoms with Crippen LogP contribution in [0, 0.1) is 17.3 Å². The van der Waals surface area contributed by atoms with Gasteiger partial charge in [0.2, 0.25) is 5.95 Å². The average molecular weight is 200 g/mol. The molecule has 0 fully saturated rings. The van der Waals surface area contributed by atoms with Gasteiger partial charge in [-0.15, -0.1) is 0 Å². The molecule has 0 saturated heterocycles. The van der Waals surface area contributed by atoms with Gasteiger partial charge in [0.05, 0.1) is 5.56 Å². The molecule has 0 amide bonds. The molecule has 6 heteroatoms. The molecule has 3 nitrogen and oxygen atoms in total. The number of nitrogens with zero attached hydrogens (tertiary/aromatic N) is 2. The number of rotatable bonds is 2. The molecule has 0 N–H and O–H groups in total. The monoisotopic (exact) mass is 200 g/mol. The van der Waals surface area contributed by atoms with E-state index in [1.54, 1.807) is 0 Å². The van der Waals surface area contributed by atoms with Crippen molar-refractivity contribution < 1.29 is 18.0 Å². The third-order valence-electron chi connectivity index (χ3n) is 1.56. The maximum atomic E-state index is 12.7. The first-order valence-electron chi connectivity index (χ1n) is 3.43. The van der Waals surface area contributed by atoms with Crippen LogP contribution in [0.5, 0.6) is 0 Å². The van der Waals surface area contributed by atoms with E-state index in [2.05, 4.69) is 4.98 Å². The number of hydrogen-bond acceptors (Lipinski definition) is 3. The highest BCUT2D eigenvalue weighted by Crippen LogP contribution is 2.26. The first-order valence-corrected chi connectivity index (χ1v) is 3.43. The SMILES string of the molecule is N#Cc1c(F)ncc(C=O)c1C(F)F. The quantitative estimate of drug-likeness (QED) is 0.540. The van der Waals surface area contributed by atoms with Crippen LogP contribution in [0.4, 0.5) is 13.2 Å². The largest absolute Gasteiger partial charge is 0.298 e. The minimum Gasteiger partial charge on any atom is -0.298 e. The second kappa shape index (κ2) is 3.87. The second-order valence-corrected chi connectivity index (χ2v) is 2.32. The fourth-order valence-electron chi connectivity index (χ4n) is 0.951. The van der Waals surface area contributed by atoms with Gasteiger partial charge < -0.3 is 0 Å². The molecule has 0 aromatic carbocycles. The molecular weight excluding hydrogens is 197 g/mol. The van der Waals surface area contributed by atoms with Crippen molar-refractivity contribution in [3.8, 4) is 6.07 Å². The third-order valence-corrected chi connectivity index (χ3v) is 1.56. The topological polar surface area (TPSA) is 53.8 Å². The average Bonchev–Trinajstić information content (AvgIpc) is 2.17. The number of aromatic nitrogens is 1. The standard InChI is InChI=1S/C8H3F3N2O/c9-7(10)6-4(3-14)2-13-8(11)5(6)1-12/h2-3,7H. The van der Waals surface area contributed by atoms with E-state index in [4.69, 9.17) is 5.26 Å². The predicted molar refractivity (Wildman–Crippen MR) is 39.3 cm³/mol. The van der Waals surface area contributed by atoms with Crippen LogP contribution in [-0.4, -0.2) is 11.3 Å². The Kier molecular flexibility index (Phi) is 2.82. The Bertz CT molecular complexity index is 412. The van der Waals surface area contributed by atoms with E-state index in [0.29, 0.717) is 6.20 Å². The molecule has 0 aliphatic heterocycles. The van der Waals surface area contributed by atoms with Gasteiger partial charge in [0.25, 0.3) is 6.43 Å². The molecule has 0 aliphatic carbocycles. The van der Waals surface area contributed by atoms with Crippen molar-refractivity contribution in [2.24, 2.45) is 0 Å². The fraction of sp³-hybridized carbons (Fsp3) is 0.125. The van der Waals surface area contributed by atoms with E-state index < -0.39 is 29.1 Å². The second-order valence-electron chi connectivity index (χ2n) is 2.32. The van der Waals surface area contributed by atoms with Gasteiger partial charge in [0, 0.05) is 11.8 Å². The molecule has 0 atom stereocenters. The zero-order valence-corrected chi connectivity index (χ0v) is 6.67. The number of halogens is 3.